The molecule has 20 heavy (non-hydrogen) atoms. The largest absolute Gasteiger partial charge is 0.278 e. The maximum atomic E-state index is 13.3. The Balaban J connectivity index is 2.41. The minimum atomic E-state index is -0.416. The molecule has 0 aliphatic heterocycles. The molecule has 0 aliphatic rings. The zero-order valence-corrected chi connectivity index (χ0v) is 10.4. The number of nitrogens with zero attached hydrogens (tertiary/aromatic N) is 1. The van der Waals surface area contributed by atoms with Crippen LogP contribution in [0.1, 0.15) is 0 Å². The first kappa shape index (κ1) is 12.3. The van der Waals surface area contributed by atoms with E-state index in [0.29, 0.717) is 23.1 Å². The summed E-state index contributed by atoms with van der Waals surface area (Å²) in [5.74, 6) is -0.416. The first-order valence-corrected chi connectivity index (χ1v) is 6.06. The number of hydrogen-bond donors (Lipinski definition) is 0. The molecule has 0 atom stereocenters. The molecule has 3 nitrogen and oxygen atoms in total. The highest BCUT2D eigenvalue weighted by atomic mass is 19.1. The highest BCUT2D eigenvalue weighted by molar-refractivity contribution is 5.87. The molecule has 0 saturated carbocycles. The molecular weight excluding hydrogens is 257 g/mol. The molecule has 1 heterocycles. The van der Waals surface area contributed by atoms with Gasteiger partial charge < -0.3 is 0 Å². The number of halogens is 1. The van der Waals surface area contributed by atoms with E-state index in [0.717, 1.165) is 9.95 Å². The van der Waals surface area contributed by atoms with Crippen molar-refractivity contribution in [3.8, 4) is 11.3 Å². The van der Waals surface area contributed by atoms with Crippen LogP contribution in [0, 0.1) is 5.82 Å². The van der Waals surface area contributed by atoms with E-state index in [1.807, 2.05) is 6.07 Å². The molecule has 4 heteroatoms. The summed E-state index contributed by atoms with van der Waals surface area (Å²) in [6.07, 6.45) is 0.453. The highest BCUT2D eigenvalue weighted by Gasteiger charge is 2.10. The lowest BCUT2D eigenvalue weighted by molar-refractivity contribution is 0.546. The van der Waals surface area contributed by atoms with Gasteiger partial charge in [-0.2, -0.15) is 0 Å². The summed E-state index contributed by atoms with van der Waals surface area (Å²) in [7, 11) is 0. The van der Waals surface area contributed by atoms with Crippen molar-refractivity contribution in [1.29, 1.82) is 0 Å². The van der Waals surface area contributed by atoms with Crippen molar-refractivity contribution >= 4 is 17.2 Å². The van der Waals surface area contributed by atoms with Gasteiger partial charge in [0.1, 0.15) is 5.82 Å². The van der Waals surface area contributed by atoms with E-state index in [-0.39, 0.29) is 0 Å². The van der Waals surface area contributed by atoms with E-state index in [9.17, 15) is 14.0 Å². The topological polar surface area (TPSA) is 39.1 Å². The van der Waals surface area contributed by atoms with Crippen molar-refractivity contribution in [2.45, 2.75) is 0 Å². The molecule has 0 spiro atoms. The van der Waals surface area contributed by atoms with Gasteiger partial charge in [-0.25, -0.2) is 8.96 Å². The monoisotopic (exact) mass is 267 g/mol. The lowest BCUT2D eigenvalue weighted by Gasteiger charge is -2.09. The fourth-order valence-corrected chi connectivity index (χ4v) is 2.25. The van der Waals surface area contributed by atoms with E-state index in [2.05, 4.69) is 0 Å². The van der Waals surface area contributed by atoms with Gasteiger partial charge in [0.05, 0.1) is 5.69 Å². The second kappa shape index (κ2) is 4.74. The van der Waals surface area contributed by atoms with Crippen LogP contribution in [0.4, 0.5) is 4.39 Å². The third kappa shape index (κ3) is 1.91. The average molecular weight is 267 g/mol. The van der Waals surface area contributed by atoms with Gasteiger partial charge in [0.25, 0.3) is 5.56 Å². The molecule has 0 fully saturated rings. The number of rotatable bonds is 2. The Morgan fingerprint density at radius 1 is 1.00 bits per heavy atom. The molecule has 3 aromatic rings. The average Bonchev–Trinajstić information content (AvgIpc) is 2.47. The number of hydrogen-bond acceptors (Lipinski definition) is 2. The second-order valence-electron chi connectivity index (χ2n) is 4.41. The molecule has 0 unspecified atom stereocenters. The van der Waals surface area contributed by atoms with Gasteiger partial charge in [-0.05, 0) is 29.7 Å². The van der Waals surface area contributed by atoms with E-state index >= 15 is 0 Å². The van der Waals surface area contributed by atoms with E-state index in [4.69, 9.17) is 0 Å². The molecular formula is C16H10FNO2. The summed E-state index contributed by atoms with van der Waals surface area (Å²) < 4.78 is 14.3. The molecule has 2 aromatic carbocycles. The van der Waals surface area contributed by atoms with Crippen molar-refractivity contribution < 1.29 is 9.18 Å². The number of fused-ring (bicyclic) bond motifs is 1. The van der Waals surface area contributed by atoms with E-state index in [1.165, 1.54) is 12.1 Å². The zero-order valence-electron chi connectivity index (χ0n) is 10.4. The Bertz CT molecular complexity index is 868. The minimum Gasteiger partial charge on any atom is -0.278 e. The van der Waals surface area contributed by atoms with Crippen LogP contribution in [0.25, 0.3) is 22.0 Å². The number of benzene rings is 2. The SMILES string of the molecule is O=Cn1c(-c2cccc(F)c2)cc2ccccc2c1=O. The number of pyridine rings is 1. The van der Waals surface area contributed by atoms with Crippen molar-refractivity contribution in [1.82, 2.24) is 4.57 Å². The number of carbonyl (C=O) groups is 1. The normalized spacial score (nSPS) is 10.7. The number of carbonyl (C=O) groups excluding carboxylic acids is 1. The van der Waals surface area contributed by atoms with Crippen LogP contribution in [0.3, 0.4) is 0 Å². The molecule has 0 N–H and O–H groups in total. The summed E-state index contributed by atoms with van der Waals surface area (Å²) >= 11 is 0. The van der Waals surface area contributed by atoms with Gasteiger partial charge in [0.2, 0.25) is 6.41 Å². The highest BCUT2D eigenvalue weighted by Crippen LogP contribution is 2.22. The zero-order chi connectivity index (χ0) is 14.1. The Morgan fingerprint density at radius 3 is 2.55 bits per heavy atom. The molecule has 0 amide bonds. The van der Waals surface area contributed by atoms with Crippen molar-refractivity contribution in [2.75, 3.05) is 0 Å². The summed E-state index contributed by atoms with van der Waals surface area (Å²) in [6, 6.07) is 14.5. The molecule has 0 aliphatic carbocycles. The minimum absolute atomic E-state index is 0.378. The summed E-state index contributed by atoms with van der Waals surface area (Å²) in [5.41, 5.74) is 0.459. The van der Waals surface area contributed by atoms with Crippen LogP contribution >= 0.6 is 0 Å². The van der Waals surface area contributed by atoms with Crippen LogP contribution in [0.15, 0.2) is 59.4 Å². The van der Waals surface area contributed by atoms with Crippen LogP contribution in [0.2, 0.25) is 0 Å². The molecule has 98 valence electrons. The molecule has 3 rings (SSSR count). The fraction of sp³-hybridized carbons (Fsp3) is 0. The second-order valence-corrected chi connectivity index (χ2v) is 4.41. The summed E-state index contributed by atoms with van der Waals surface area (Å²) in [6.45, 7) is 0. The van der Waals surface area contributed by atoms with Gasteiger partial charge >= 0.3 is 0 Å². The Hall–Kier alpha value is -2.75. The summed E-state index contributed by atoms with van der Waals surface area (Å²) in [4.78, 5) is 23.5. The third-order valence-corrected chi connectivity index (χ3v) is 3.19. The molecule has 0 bridgehead atoms. The molecule has 0 saturated heterocycles. The quantitative estimate of drug-likeness (QED) is 0.670. The smallest absolute Gasteiger partial charge is 0.265 e. The van der Waals surface area contributed by atoms with Gasteiger partial charge in [-0.3, -0.25) is 9.59 Å². The van der Waals surface area contributed by atoms with Gasteiger partial charge in [0, 0.05) is 10.9 Å². The van der Waals surface area contributed by atoms with Gasteiger partial charge in [-0.15, -0.1) is 0 Å². The number of aromatic nitrogens is 1. The maximum Gasteiger partial charge on any atom is 0.265 e. The third-order valence-electron chi connectivity index (χ3n) is 3.19. The molecule has 1 aromatic heterocycles. The maximum absolute atomic E-state index is 13.3. The van der Waals surface area contributed by atoms with Gasteiger partial charge in [0.15, 0.2) is 0 Å². The van der Waals surface area contributed by atoms with E-state index < -0.39 is 11.4 Å². The van der Waals surface area contributed by atoms with Crippen molar-refractivity contribution in [2.24, 2.45) is 0 Å². The first-order chi connectivity index (χ1) is 9.70. The first-order valence-electron chi connectivity index (χ1n) is 6.06. The molecule has 0 radical (unpaired) electrons. The fourth-order valence-electron chi connectivity index (χ4n) is 2.25. The predicted octanol–water partition coefficient (Wildman–Crippen LogP) is 2.85. The lowest BCUT2D eigenvalue weighted by Crippen LogP contribution is -2.21. The Labute approximate surface area is 113 Å². The standard InChI is InChI=1S/C16H10FNO2/c17-13-6-3-5-12(8-13)15-9-11-4-1-2-7-14(11)16(20)18(15)10-19/h1-10H. The van der Waals surface area contributed by atoms with Gasteiger partial charge in [-0.1, -0.05) is 30.3 Å². The van der Waals surface area contributed by atoms with Crippen LogP contribution < -0.4 is 5.56 Å². The van der Waals surface area contributed by atoms with Crippen molar-refractivity contribution in [3.05, 3.63) is 70.8 Å². The van der Waals surface area contributed by atoms with Crippen LogP contribution in [-0.2, 0) is 4.79 Å². The van der Waals surface area contributed by atoms with Crippen molar-refractivity contribution in [3.63, 3.8) is 0 Å². The van der Waals surface area contributed by atoms with Crippen LogP contribution in [-0.4, -0.2) is 11.0 Å². The Kier molecular flexibility index (Phi) is 2.91. The van der Waals surface area contributed by atoms with E-state index in [1.54, 1.807) is 36.4 Å². The summed E-state index contributed by atoms with van der Waals surface area (Å²) in [5, 5.41) is 1.18. The Morgan fingerprint density at radius 2 is 1.80 bits per heavy atom. The van der Waals surface area contributed by atoms with Crippen LogP contribution in [0.5, 0.6) is 0 Å². The lowest BCUT2D eigenvalue weighted by atomic mass is 10.1. The predicted molar refractivity (Wildman–Crippen MR) is 75.8 cm³/mol.